The SMILES string of the molecule is COc1ccc(C=Nc2ccc(O)c(-c3nc4c(C)cccc4o3)c2)cc1OC. The molecule has 0 aliphatic heterocycles. The molecule has 0 bridgehead atoms. The smallest absolute Gasteiger partial charge is 0.231 e. The van der Waals surface area contributed by atoms with E-state index in [0.717, 1.165) is 16.6 Å². The Morgan fingerprint density at radius 1 is 1.00 bits per heavy atom. The summed E-state index contributed by atoms with van der Waals surface area (Å²) < 4.78 is 16.4. The number of rotatable bonds is 5. The topological polar surface area (TPSA) is 77.1 Å². The third kappa shape index (κ3) is 3.65. The predicted molar refractivity (Wildman–Crippen MR) is 113 cm³/mol. The van der Waals surface area contributed by atoms with Gasteiger partial charge in [-0.3, -0.25) is 4.99 Å². The maximum absolute atomic E-state index is 10.3. The van der Waals surface area contributed by atoms with Crippen LogP contribution in [0.3, 0.4) is 0 Å². The molecule has 146 valence electrons. The minimum atomic E-state index is 0.0827. The fourth-order valence-corrected chi connectivity index (χ4v) is 3.06. The van der Waals surface area contributed by atoms with Crippen molar-refractivity contribution in [2.24, 2.45) is 4.99 Å². The summed E-state index contributed by atoms with van der Waals surface area (Å²) in [5, 5.41) is 10.3. The van der Waals surface area contributed by atoms with Gasteiger partial charge in [-0.05, 0) is 60.5 Å². The van der Waals surface area contributed by atoms with E-state index in [9.17, 15) is 5.11 Å². The second kappa shape index (κ2) is 7.67. The number of aliphatic imine (C=N–C) groups is 1. The Kier molecular flexibility index (Phi) is 4.91. The number of nitrogens with zero attached hydrogens (tertiary/aromatic N) is 2. The number of oxazole rings is 1. The largest absolute Gasteiger partial charge is 0.507 e. The Morgan fingerprint density at radius 2 is 1.83 bits per heavy atom. The molecule has 4 aromatic rings. The average molecular weight is 388 g/mol. The predicted octanol–water partition coefficient (Wildman–Crippen LogP) is 5.28. The standard InChI is InChI=1S/C23H20N2O4/c1-14-5-4-6-20-22(14)25-23(29-20)17-12-16(8-9-18(17)26)24-13-15-7-10-19(27-2)21(11-15)28-3/h4-13,26H,1-3H3. The molecular formula is C23H20N2O4. The minimum absolute atomic E-state index is 0.0827. The molecule has 0 unspecified atom stereocenters. The monoisotopic (exact) mass is 388 g/mol. The first-order valence-electron chi connectivity index (χ1n) is 9.04. The molecule has 6 heteroatoms. The van der Waals surface area contributed by atoms with Crippen LogP contribution in [-0.2, 0) is 0 Å². The number of benzene rings is 3. The Hall–Kier alpha value is -3.80. The fourth-order valence-electron chi connectivity index (χ4n) is 3.06. The van der Waals surface area contributed by atoms with Crippen molar-refractivity contribution in [1.82, 2.24) is 4.98 Å². The van der Waals surface area contributed by atoms with Crippen molar-refractivity contribution in [3.63, 3.8) is 0 Å². The molecule has 0 amide bonds. The van der Waals surface area contributed by atoms with Gasteiger partial charge in [0.15, 0.2) is 17.1 Å². The summed E-state index contributed by atoms with van der Waals surface area (Å²) in [6.07, 6.45) is 1.72. The summed E-state index contributed by atoms with van der Waals surface area (Å²) in [5.41, 5.74) is 4.48. The summed E-state index contributed by atoms with van der Waals surface area (Å²) in [7, 11) is 3.18. The van der Waals surface area contributed by atoms with Gasteiger partial charge in [0.1, 0.15) is 11.3 Å². The Balaban J connectivity index is 1.68. The van der Waals surface area contributed by atoms with Crippen molar-refractivity contribution in [2.75, 3.05) is 14.2 Å². The molecule has 6 nitrogen and oxygen atoms in total. The van der Waals surface area contributed by atoms with Gasteiger partial charge in [-0.1, -0.05) is 12.1 Å². The lowest BCUT2D eigenvalue weighted by atomic mass is 10.1. The Morgan fingerprint density at radius 3 is 2.59 bits per heavy atom. The third-order valence-electron chi connectivity index (χ3n) is 4.60. The van der Waals surface area contributed by atoms with Crippen LogP contribution in [0.1, 0.15) is 11.1 Å². The number of phenols is 1. The molecule has 0 atom stereocenters. The first-order valence-corrected chi connectivity index (χ1v) is 9.04. The number of hydrogen-bond acceptors (Lipinski definition) is 6. The highest BCUT2D eigenvalue weighted by Gasteiger charge is 2.14. The number of phenolic OH excluding ortho intramolecular Hbond substituents is 1. The summed E-state index contributed by atoms with van der Waals surface area (Å²) >= 11 is 0. The van der Waals surface area contributed by atoms with Crippen LogP contribution in [0.25, 0.3) is 22.6 Å². The van der Waals surface area contributed by atoms with E-state index in [1.54, 1.807) is 38.6 Å². The highest BCUT2D eigenvalue weighted by Crippen LogP contribution is 2.35. The van der Waals surface area contributed by atoms with Gasteiger partial charge in [-0.25, -0.2) is 4.98 Å². The highest BCUT2D eigenvalue weighted by atomic mass is 16.5. The van der Waals surface area contributed by atoms with Gasteiger partial charge in [-0.2, -0.15) is 0 Å². The van der Waals surface area contributed by atoms with E-state index in [0.29, 0.717) is 34.2 Å². The molecule has 1 N–H and O–H groups in total. The zero-order chi connectivity index (χ0) is 20.4. The Labute approximate surface area is 168 Å². The summed E-state index contributed by atoms with van der Waals surface area (Å²) in [6, 6.07) is 16.3. The van der Waals surface area contributed by atoms with Gasteiger partial charge in [-0.15, -0.1) is 0 Å². The van der Waals surface area contributed by atoms with Gasteiger partial charge in [0.25, 0.3) is 0 Å². The number of fused-ring (bicyclic) bond motifs is 1. The number of aromatic nitrogens is 1. The number of hydrogen-bond donors (Lipinski definition) is 1. The Bertz CT molecular complexity index is 1210. The maximum atomic E-state index is 10.3. The van der Waals surface area contributed by atoms with Crippen LogP contribution < -0.4 is 9.47 Å². The van der Waals surface area contributed by atoms with Crippen LogP contribution in [0.4, 0.5) is 5.69 Å². The van der Waals surface area contributed by atoms with E-state index >= 15 is 0 Å². The molecule has 0 aliphatic carbocycles. The van der Waals surface area contributed by atoms with Crippen LogP contribution >= 0.6 is 0 Å². The second-order valence-electron chi connectivity index (χ2n) is 6.51. The molecule has 0 radical (unpaired) electrons. The van der Waals surface area contributed by atoms with Crippen molar-refractivity contribution in [2.45, 2.75) is 6.92 Å². The molecule has 0 saturated carbocycles. The van der Waals surface area contributed by atoms with Crippen molar-refractivity contribution in [1.29, 1.82) is 0 Å². The van der Waals surface area contributed by atoms with Gasteiger partial charge >= 0.3 is 0 Å². The lowest BCUT2D eigenvalue weighted by Crippen LogP contribution is -1.91. The molecular weight excluding hydrogens is 368 g/mol. The first-order chi connectivity index (χ1) is 14.1. The maximum Gasteiger partial charge on any atom is 0.231 e. The average Bonchev–Trinajstić information content (AvgIpc) is 3.18. The minimum Gasteiger partial charge on any atom is -0.507 e. The van der Waals surface area contributed by atoms with Crippen molar-refractivity contribution in [3.05, 3.63) is 65.7 Å². The molecule has 29 heavy (non-hydrogen) atoms. The van der Waals surface area contributed by atoms with Crippen LogP contribution in [0.5, 0.6) is 17.2 Å². The molecule has 4 rings (SSSR count). The van der Waals surface area contributed by atoms with Gasteiger partial charge in [0.05, 0.1) is 25.5 Å². The van der Waals surface area contributed by atoms with Crippen molar-refractivity contribution in [3.8, 4) is 28.7 Å². The molecule has 0 saturated heterocycles. The highest BCUT2D eigenvalue weighted by molar-refractivity contribution is 5.84. The molecule has 0 aliphatic rings. The van der Waals surface area contributed by atoms with E-state index in [1.165, 1.54) is 0 Å². The van der Waals surface area contributed by atoms with Crippen LogP contribution in [0.2, 0.25) is 0 Å². The quantitative estimate of drug-likeness (QED) is 0.471. The van der Waals surface area contributed by atoms with Gasteiger partial charge in [0, 0.05) is 6.21 Å². The zero-order valence-corrected chi connectivity index (χ0v) is 16.3. The van der Waals surface area contributed by atoms with E-state index in [2.05, 4.69) is 9.98 Å². The van der Waals surface area contributed by atoms with E-state index in [-0.39, 0.29) is 5.75 Å². The van der Waals surface area contributed by atoms with Crippen LogP contribution in [-0.4, -0.2) is 30.5 Å². The molecule has 3 aromatic carbocycles. The lowest BCUT2D eigenvalue weighted by Gasteiger charge is -2.07. The summed E-state index contributed by atoms with van der Waals surface area (Å²) in [4.78, 5) is 9.04. The van der Waals surface area contributed by atoms with Crippen LogP contribution in [0.15, 0.2) is 64.0 Å². The molecule has 0 fully saturated rings. The third-order valence-corrected chi connectivity index (χ3v) is 4.60. The number of aromatic hydroxyl groups is 1. The van der Waals surface area contributed by atoms with Crippen molar-refractivity contribution < 1.29 is 19.0 Å². The fraction of sp³-hybridized carbons (Fsp3) is 0.130. The molecule has 1 aromatic heterocycles. The number of para-hydroxylation sites is 1. The van der Waals surface area contributed by atoms with E-state index < -0.39 is 0 Å². The van der Waals surface area contributed by atoms with Crippen LogP contribution in [0, 0.1) is 6.92 Å². The summed E-state index contributed by atoms with van der Waals surface area (Å²) in [6.45, 7) is 1.97. The number of aryl methyl sites for hydroxylation is 1. The van der Waals surface area contributed by atoms with Gasteiger partial charge in [0.2, 0.25) is 5.89 Å². The molecule has 0 spiro atoms. The number of ether oxygens (including phenoxy) is 2. The lowest BCUT2D eigenvalue weighted by molar-refractivity contribution is 0.355. The summed E-state index contributed by atoms with van der Waals surface area (Å²) in [5.74, 6) is 1.72. The van der Waals surface area contributed by atoms with E-state index in [4.69, 9.17) is 13.9 Å². The van der Waals surface area contributed by atoms with Gasteiger partial charge < -0.3 is 19.0 Å². The molecule has 1 heterocycles. The second-order valence-corrected chi connectivity index (χ2v) is 6.51. The normalized spacial score (nSPS) is 11.3. The first kappa shape index (κ1) is 18.6. The zero-order valence-electron chi connectivity index (χ0n) is 16.3. The van der Waals surface area contributed by atoms with Crippen molar-refractivity contribution >= 4 is 23.0 Å². The van der Waals surface area contributed by atoms with E-state index in [1.807, 2.05) is 43.3 Å². The number of methoxy groups -OCH3 is 2.